The zero-order valence-corrected chi connectivity index (χ0v) is 17.3. The van der Waals surface area contributed by atoms with Crippen LogP contribution in [0.15, 0.2) is 53.5 Å². The Morgan fingerprint density at radius 1 is 0.893 bits per heavy atom. The summed E-state index contributed by atoms with van der Waals surface area (Å²) in [4.78, 5) is 6.80. The molecule has 2 aromatic carbocycles. The monoisotopic (exact) mass is 378 g/mol. The Morgan fingerprint density at radius 2 is 1.68 bits per heavy atom. The number of anilines is 1. The molecule has 0 saturated heterocycles. The molecule has 0 N–H and O–H groups in total. The minimum atomic E-state index is 0.709. The number of hydrogen-bond donors (Lipinski definition) is 0. The van der Waals surface area contributed by atoms with Crippen LogP contribution in [0.1, 0.15) is 69.4 Å². The molecule has 1 heterocycles. The van der Waals surface area contributed by atoms with Gasteiger partial charge in [0.05, 0.1) is 6.61 Å². The molecular formula is C25H34N2O. The highest BCUT2D eigenvalue weighted by Gasteiger charge is 2.13. The first kappa shape index (κ1) is 20.4. The van der Waals surface area contributed by atoms with Crippen molar-refractivity contribution in [3.05, 3.63) is 59.7 Å². The topological polar surface area (TPSA) is 24.8 Å². The van der Waals surface area contributed by atoms with E-state index in [4.69, 9.17) is 4.74 Å². The molecular weight excluding hydrogens is 344 g/mol. The van der Waals surface area contributed by atoms with Crippen LogP contribution in [-0.2, 0) is 6.54 Å². The van der Waals surface area contributed by atoms with E-state index >= 15 is 0 Å². The van der Waals surface area contributed by atoms with Gasteiger partial charge in [-0.05, 0) is 30.2 Å². The second-order valence-electron chi connectivity index (χ2n) is 7.68. The third kappa shape index (κ3) is 6.40. The normalized spacial score (nSPS) is 12.8. The van der Waals surface area contributed by atoms with Gasteiger partial charge in [0.1, 0.15) is 12.4 Å². The Morgan fingerprint density at radius 3 is 2.54 bits per heavy atom. The van der Waals surface area contributed by atoms with E-state index in [1.807, 2.05) is 6.21 Å². The standard InChI is InChI=1S/C25H34N2O/c1-2-3-4-5-6-7-8-11-17-28-24-15-12-13-22(18-24)20-27-21-26-19-23-14-9-10-16-25(23)27/h9-10,12-16,18-19H,2-8,11,17,20-21H2,1H3. The molecule has 3 nitrogen and oxygen atoms in total. The average Bonchev–Trinajstić information content (AvgIpc) is 2.73. The lowest BCUT2D eigenvalue weighted by Gasteiger charge is -2.27. The van der Waals surface area contributed by atoms with Crippen molar-refractivity contribution in [2.45, 2.75) is 64.8 Å². The van der Waals surface area contributed by atoms with Gasteiger partial charge in [0.25, 0.3) is 0 Å². The Balaban J connectivity index is 1.40. The second kappa shape index (κ2) is 11.5. The summed E-state index contributed by atoms with van der Waals surface area (Å²) in [5, 5.41) is 0. The van der Waals surface area contributed by atoms with Crippen molar-refractivity contribution in [3.63, 3.8) is 0 Å². The molecule has 0 atom stereocenters. The van der Waals surface area contributed by atoms with Crippen LogP contribution in [0.5, 0.6) is 5.75 Å². The fourth-order valence-electron chi connectivity index (χ4n) is 3.71. The van der Waals surface area contributed by atoms with Crippen LogP contribution in [0.2, 0.25) is 0 Å². The molecule has 150 valence electrons. The van der Waals surface area contributed by atoms with E-state index in [-0.39, 0.29) is 0 Å². The second-order valence-corrected chi connectivity index (χ2v) is 7.68. The largest absolute Gasteiger partial charge is 0.494 e. The average molecular weight is 379 g/mol. The number of unbranched alkanes of at least 4 members (excludes halogenated alkanes) is 7. The van der Waals surface area contributed by atoms with Crippen molar-refractivity contribution < 1.29 is 4.74 Å². The van der Waals surface area contributed by atoms with Crippen LogP contribution in [0.3, 0.4) is 0 Å². The molecule has 0 aromatic heterocycles. The molecule has 28 heavy (non-hydrogen) atoms. The Kier molecular flexibility index (Phi) is 8.42. The first-order chi connectivity index (χ1) is 13.9. The fourth-order valence-corrected chi connectivity index (χ4v) is 3.71. The van der Waals surface area contributed by atoms with Gasteiger partial charge in [0.2, 0.25) is 0 Å². The van der Waals surface area contributed by atoms with Crippen LogP contribution < -0.4 is 9.64 Å². The summed E-state index contributed by atoms with van der Waals surface area (Å²) in [7, 11) is 0. The summed E-state index contributed by atoms with van der Waals surface area (Å²) in [6.45, 7) is 4.64. The van der Waals surface area contributed by atoms with E-state index in [2.05, 4.69) is 65.3 Å². The van der Waals surface area contributed by atoms with Gasteiger partial charge < -0.3 is 9.64 Å². The van der Waals surface area contributed by atoms with Crippen LogP contribution in [0.25, 0.3) is 0 Å². The third-order valence-electron chi connectivity index (χ3n) is 5.30. The van der Waals surface area contributed by atoms with Crippen molar-refractivity contribution in [2.75, 3.05) is 18.2 Å². The van der Waals surface area contributed by atoms with Gasteiger partial charge in [-0.25, -0.2) is 0 Å². The summed E-state index contributed by atoms with van der Waals surface area (Å²) in [6, 6.07) is 16.9. The summed E-state index contributed by atoms with van der Waals surface area (Å²) in [5.74, 6) is 0.981. The molecule has 3 heteroatoms. The maximum atomic E-state index is 6.00. The third-order valence-corrected chi connectivity index (χ3v) is 5.30. The van der Waals surface area contributed by atoms with Crippen molar-refractivity contribution in [1.82, 2.24) is 0 Å². The van der Waals surface area contributed by atoms with E-state index in [1.165, 1.54) is 61.8 Å². The SMILES string of the molecule is CCCCCCCCCCOc1cccc(CN2CN=Cc3ccccc32)c1. The lowest BCUT2D eigenvalue weighted by atomic mass is 10.1. The minimum Gasteiger partial charge on any atom is -0.494 e. The van der Waals surface area contributed by atoms with Gasteiger partial charge in [-0.2, -0.15) is 0 Å². The number of rotatable bonds is 12. The van der Waals surface area contributed by atoms with Crippen molar-refractivity contribution in [2.24, 2.45) is 4.99 Å². The van der Waals surface area contributed by atoms with Gasteiger partial charge in [-0.15, -0.1) is 0 Å². The van der Waals surface area contributed by atoms with E-state index < -0.39 is 0 Å². The molecule has 0 amide bonds. The number of ether oxygens (including phenoxy) is 1. The minimum absolute atomic E-state index is 0.709. The maximum Gasteiger partial charge on any atom is 0.119 e. The van der Waals surface area contributed by atoms with Gasteiger partial charge >= 0.3 is 0 Å². The summed E-state index contributed by atoms with van der Waals surface area (Å²) in [5.41, 5.74) is 3.71. The van der Waals surface area contributed by atoms with Gasteiger partial charge in [0.15, 0.2) is 0 Å². The molecule has 1 aliphatic rings. The summed E-state index contributed by atoms with van der Waals surface area (Å²) >= 11 is 0. The van der Waals surface area contributed by atoms with Gasteiger partial charge in [0, 0.05) is 24.0 Å². The molecule has 0 aliphatic carbocycles. The predicted molar refractivity (Wildman–Crippen MR) is 120 cm³/mol. The zero-order valence-electron chi connectivity index (χ0n) is 17.3. The zero-order chi connectivity index (χ0) is 19.4. The molecule has 0 fully saturated rings. The van der Waals surface area contributed by atoms with Crippen molar-refractivity contribution in [3.8, 4) is 5.75 Å². The quantitative estimate of drug-likeness (QED) is 0.389. The number of aliphatic imine (C=N–C) groups is 1. The van der Waals surface area contributed by atoms with Crippen LogP contribution in [0.4, 0.5) is 5.69 Å². The molecule has 3 rings (SSSR count). The van der Waals surface area contributed by atoms with Crippen LogP contribution in [-0.4, -0.2) is 19.5 Å². The highest BCUT2D eigenvalue weighted by Crippen LogP contribution is 2.25. The first-order valence-electron chi connectivity index (χ1n) is 10.9. The van der Waals surface area contributed by atoms with Crippen molar-refractivity contribution in [1.29, 1.82) is 0 Å². The smallest absolute Gasteiger partial charge is 0.119 e. The Hall–Kier alpha value is -2.29. The lowest BCUT2D eigenvalue weighted by Crippen LogP contribution is -2.26. The molecule has 0 radical (unpaired) electrons. The van der Waals surface area contributed by atoms with Gasteiger partial charge in [-0.1, -0.05) is 82.2 Å². The molecule has 0 saturated carbocycles. The fraction of sp³-hybridized carbons (Fsp3) is 0.480. The van der Waals surface area contributed by atoms with E-state index in [1.54, 1.807) is 0 Å². The van der Waals surface area contributed by atoms with Crippen LogP contribution >= 0.6 is 0 Å². The summed E-state index contributed by atoms with van der Waals surface area (Å²) < 4.78 is 6.00. The van der Waals surface area contributed by atoms with Gasteiger partial charge in [-0.3, -0.25) is 4.99 Å². The van der Waals surface area contributed by atoms with Crippen molar-refractivity contribution >= 4 is 11.9 Å². The number of hydrogen-bond acceptors (Lipinski definition) is 3. The Bertz CT molecular complexity index is 741. The number of fused-ring (bicyclic) bond motifs is 1. The summed E-state index contributed by atoms with van der Waals surface area (Å²) in [6.07, 6.45) is 12.6. The highest BCUT2D eigenvalue weighted by molar-refractivity contribution is 5.89. The number of benzene rings is 2. The molecule has 0 unspecified atom stereocenters. The number of para-hydroxylation sites is 1. The molecule has 2 aromatic rings. The number of nitrogens with zero attached hydrogens (tertiary/aromatic N) is 2. The predicted octanol–water partition coefficient (Wildman–Crippen LogP) is 6.60. The lowest BCUT2D eigenvalue weighted by molar-refractivity contribution is 0.304. The van der Waals surface area contributed by atoms with E-state index in [9.17, 15) is 0 Å². The maximum absolute atomic E-state index is 6.00. The highest BCUT2D eigenvalue weighted by atomic mass is 16.5. The Labute approximate surface area is 170 Å². The molecule has 1 aliphatic heterocycles. The molecule has 0 spiro atoms. The van der Waals surface area contributed by atoms with E-state index in [0.717, 1.165) is 25.3 Å². The molecule has 0 bridgehead atoms. The first-order valence-corrected chi connectivity index (χ1v) is 10.9. The van der Waals surface area contributed by atoms with E-state index in [0.29, 0.717) is 6.67 Å². The van der Waals surface area contributed by atoms with Crippen LogP contribution in [0, 0.1) is 0 Å².